The zero-order chi connectivity index (χ0) is 17.9. The van der Waals surface area contributed by atoms with Crippen molar-refractivity contribution in [1.29, 1.82) is 0 Å². The molecule has 0 spiro atoms. The predicted molar refractivity (Wildman–Crippen MR) is 91.1 cm³/mol. The van der Waals surface area contributed by atoms with Crippen LogP contribution in [0.2, 0.25) is 0 Å². The molecule has 10 heteroatoms. The first-order chi connectivity index (χ1) is 11.9. The average molecular weight is 383 g/mol. The molecule has 134 valence electrons. The molecule has 0 atom stereocenters. The van der Waals surface area contributed by atoms with Crippen molar-refractivity contribution in [2.45, 2.75) is 9.79 Å². The summed E-state index contributed by atoms with van der Waals surface area (Å²) in [5.41, 5.74) is 0.251. The van der Waals surface area contributed by atoms with Gasteiger partial charge in [-0.05, 0) is 24.3 Å². The first kappa shape index (κ1) is 17.8. The Hall–Kier alpha value is -2.01. The van der Waals surface area contributed by atoms with E-state index in [1.54, 1.807) is 6.07 Å². The van der Waals surface area contributed by atoms with Gasteiger partial charge in [0.2, 0.25) is 10.0 Å². The molecule has 2 aromatic rings. The Balaban J connectivity index is 2.01. The number of ether oxygens (including phenoxy) is 1. The topological polar surface area (TPSA) is 106 Å². The summed E-state index contributed by atoms with van der Waals surface area (Å²) >= 11 is 0. The van der Waals surface area contributed by atoms with Crippen molar-refractivity contribution in [3.63, 3.8) is 0 Å². The average Bonchev–Trinajstić information content (AvgIpc) is 2.63. The van der Waals surface area contributed by atoms with Gasteiger partial charge in [-0.25, -0.2) is 16.8 Å². The maximum Gasteiger partial charge on any atom is 0.263 e. The van der Waals surface area contributed by atoms with Crippen LogP contribution in [0.5, 0.6) is 0 Å². The number of benzene rings is 1. The quantitative estimate of drug-likeness (QED) is 0.822. The SMILES string of the molecule is O=S(=O)(Nc1cccnc1)c1ccccc1S(=O)(=O)N1CCOCC1. The predicted octanol–water partition coefficient (Wildman–Crippen LogP) is 0.903. The molecule has 25 heavy (non-hydrogen) atoms. The second-order valence-corrected chi connectivity index (χ2v) is 8.87. The van der Waals surface area contributed by atoms with E-state index in [0.717, 1.165) is 0 Å². The molecule has 0 saturated carbocycles. The summed E-state index contributed by atoms with van der Waals surface area (Å²) in [5, 5.41) is 0. The highest BCUT2D eigenvalue weighted by Gasteiger charge is 2.32. The van der Waals surface area contributed by atoms with Gasteiger partial charge >= 0.3 is 0 Å². The lowest BCUT2D eigenvalue weighted by atomic mass is 10.4. The second-order valence-electron chi connectivity index (χ2n) is 5.31. The summed E-state index contributed by atoms with van der Waals surface area (Å²) < 4.78 is 59.9. The maximum atomic E-state index is 12.9. The van der Waals surface area contributed by atoms with Gasteiger partial charge in [0.1, 0.15) is 9.79 Å². The number of anilines is 1. The van der Waals surface area contributed by atoms with Crippen molar-refractivity contribution in [2.75, 3.05) is 31.0 Å². The van der Waals surface area contributed by atoms with Crippen LogP contribution >= 0.6 is 0 Å². The van der Waals surface area contributed by atoms with Gasteiger partial charge in [-0.15, -0.1) is 0 Å². The van der Waals surface area contributed by atoms with Gasteiger partial charge in [0.25, 0.3) is 10.0 Å². The standard InChI is InChI=1S/C15H17N3O5S2/c19-24(20,17-13-4-3-7-16-12-13)14-5-1-2-6-15(14)25(21,22)18-8-10-23-11-9-18/h1-7,12,17H,8-11H2. The molecule has 1 saturated heterocycles. The van der Waals surface area contributed by atoms with Gasteiger partial charge in [0.15, 0.2) is 0 Å². The molecule has 0 radical (unpaired) electrons. The lowest BCUT2D eigenvalue weighted by Gasteiger charge is -2.26. The Kier molecular flexibility index (Phi) is 5.04. The van der Waals surface area contributed by atoms with E-state index < -0.39 is 20.0 Å². The van der Waals surface area contributed by atoms with Crippen LogP contribution in [0.15, 0.2) is 58.6 Å². The number of nitrogens with one attached hydrogen (secondary N) is 1. The van der Waals surface area contributed by atoms with E-state index in [1.807, 2.05) is 0 Å². The van der Waals surface area contributed by atoms with Crippen molar-refractivity contribution < 1.29 is 21.6 Å². The monoisotopic (exact) mass is 383 g/mol. The molecular formula is C15H17N3O5S2. The number of rotatable bonds is 5. The highest BCUT2D eigenvalue weighted by molar-refractivity contribution is 7.94. The fraction of sp³-hybridized carbons (Fsp3) is 0.267. The van der Waals surface area contributed by atoms with Crippen molar-refractivity contribution in [3.8, 4) is 0 Å². The van der Waals surface area contributed by atoms with Gasteiger partial charge in [-0.2, -0.15) is 4.31 Å². The first-order valence-electron chi connectivity index (χ1n) is 7.51. The third kappa shape index (κ3) is 3.82. The molecule has 1 aromatic heterocycles. The first-order valence-corrected chi connectivity index (χ1v) is 10.4. The zero-order valence-electron chi connectivity index (χ0n) is 13.2. The Morgan fingerprint density at radius 2 is 1.64 bits per heavy atom. The number of nitrogens with zero attached hydrogens (tertiary/aromatic N) is 2. The summed E-state index contributed by atoms with van der Waals surface area (Å²) in [7, 11) is -8.04. The van der Waals surface area contributed by atoms with Crippen LogP contribution in [0.25, 0.3) is 0 Å². The van der Waals surface area contributed by atoms with E-state index >= 15 is 0 Å². The number of morpholine rings is 1. The Morgan fingerprint density at radius 1 is 0.960 bits per heavy atom. The number of sulfonamides is 2. The number of hydrogen-bond donors (Lipinski definition) is 1. The fourth-order valence-electron chi connectivity index (χ4n) is 2.44. The lowest BCUT2D eigenvalue weighted by molar-refractivity contribution is 0.0729. The smallest absolute Gasteiger partial charge is 0.263 e. The lowest BCUT2D eigenvalue weighted by Crippen LogP contribution is -2.41. The number of aromatic nitrogens is 1. The summed E-state index contributed by atoms with van der Waals surface area (Å²) in [4.78, 5) is 3.28. The molecule has 0 amide bonds. The van der Waals surface area contributed by atoms with Gasteiger partial charge in [-0.1, -0.05) is 12.1 Å². The summed E-state index contributed by atoms with van der Waals surface area (Å²) in [6.07, 6.45) is 2.85. The number of hydrogen-bond acceptors (Lipinski definition) is 6. The van der Waals surface area contributed by atoms with Crippen molar-refractivity contribution >= 4 is 25.7 Å². The van der Waals surface area contributed by atoms with Crippen molar-refractivity contribution in [1.82, 2.24) is 9.29 Å². The van der Waals surface area contributed by atoms with Gasteiger partial charge in [-0.3, -0.25) is 9.71 Å². The minimum Gasteiger partial charge on any atom is -0.379 e. The van der Waals surface area contributed by atoms with Crippen LogP contribution in [0.3, 0.4) is 0 Å². The summed E-state index contributed by atoms with van der Waals surface area (Å²) in [6.45, 7) is 0.934. The maximum absolute atomic E-state index is 12.9. The normalized spacial score (nSPS) is 16.5. The fourth-order valence-corrected chi connectivity index (χ4v) is 5.70. The van der Waals surface area contributed by atoms with Gasteiger partial charge < -0.3 is 4.74 Å². The molecular weight excluding hydrogens is 366 g/mol. The van der Waals surface area contributed by atoms with Gasteiger partial charge in [0, 0.05) is 19.3 Å². The molecule has 8 nitrogen and oxygen atoms in total. The van der Waals surface area contributed by atoms with Crippen molar-refractivity contribution in [2.24, 2.45) is 0 Å². The van der Waals surface area contributed by atoms with Crippen LogP contribution in [0, 0.1) is 0 Å². The molecule has 1 fully saturated rings. The molecule has 3 rings (SSSR count). The van der Waals surface area contributed by atoms with E-state index in [9.17, 15) is 16.8 Å². The van der Waals surface area contributed by atoms with Crippen LogP contribution in [0.4, 0.5) is 5.69 Å². The van der Waals surface area contributed by atoms with Crippen molar-refractivity contribution in [3.05, 3.63) is 48.8 Å². The van der Waals surface area contributed by atoms with E-state index in [1.165, 1.54) is 47.0 Å². The second kappa shape index (κ2) is 7.08. The minimum absolute atomic E-state index is 0.187. The molecule has 0 unspecified atom stereocenters. The molecule has 0 bridgehead atoms. The third-order valence-corrected chi connectivity index (χ3v) is 7.17. The third-order valence-electron chi connectivity index (χ3n) is 3.64. The van der Waals surface area contributed by atoms with Crippen LogP contribution in [0.1, 0.15) is 0 Å². The molecule has 1 N–H and O–H groups in total. The number of pyridine rings is 1. The molecule has 0 aliphatic carbocycles. The van der Waals surface area contributed by atoms with E-state index in [0.29, 0.717) is 0 Å². The Labute approximate surface area is 146 Å². The molecule has 1 aromatic carbocycles. The highest BCUT2D eigenvalue weighted by Crippen LogP contribution is 2.26. The van der Waals surface area contributed by atoms with E-state index in [2.05, 4.69) is 9.71 Å². The Morgan fingerprint density at radius 3 is 2.28 bits per heavy atom. The van der Waals surface area contributed by atoms with Crippen LogP contribution in [-0.4, -0.2) is 52.4 Å². The minimum atomic E-state index is -4.09. The van der Waals surface area contributed by atoms with E-state index in [4.69, 9.17) is 4.74 Å². The van der Waals surface area contributed by atoms with Crippen LogP contribution in [-0.2, 0) is 24.8 Å². The highest BCUT2D eigenvalue weighted by atomic mass is 32.2. The molecule has 2 heterocycles. The van der Waals surface area contributed by atoms with Crippen LogP contribution < -0.4 is 4.72 Å². The largest absolute Gasteiger partial charge is 0.379 e. The molecule has 1 aliphatic heterocycles. The summed E-state index contributed by atoms with van der Waals surface area (Å²) in [6, 6.07) is 8.65. The summed E-state index contributed by atoms with van der Waals surface area (Å²) in [5.74, 6) is 0. The Bertz CT molecular complexity index is 940. The molecule has 1 aliphatic rings. The van der Waals surface area contributed by atoms with E-state index in [-0.39, 0.29) is 41.8 Å². The zero-order valence-corrected chi connectivity index (χ0v) is 14.8. The van der Waals surface area contributed by atoms with Gasteiger partial charge in [0.05, 0.1) is 25.1 Å².